The summed E-state index contributed by atoms with van der Waals surface area (Å²) in [6.07, 6.45) is 0. The average molecular weight is 356 g/mol. The van der Waals surface area contributed by atoms with Crippen LogP contribution in [-0.2, 0) is 0 Å². The van der Waals surface area contributed by atoms with Crippen molar-refractivity contribution in [1.82, 2.24) is 5.32 Å². The Morgan fingerprint density at radius 2 is 2.31 bits per heavy atom. The summed E-state index contributed by atoms with van der Waals surface area (Å²) in [4.78, 5) is 11.7. The fourth-order valence-corrected chi connectivity index (χ4v) is 1.74. The maximum Gasteiger partial charge on any atom is 0.255 e. The second-order valence-corrected chi connectivity index (χ2v) is 4.52. The van der Waals surface area contributed by atoms with Gasteiger partial charge in [0, 0.05) is 10.1 Å². The Bertz CT molecular complexity index is 398. The fraction of sp³-hybridized carbons (Fsp3) is 0.300. The number of carbonyl (C=O) groups excluding carboxylic acids is 1. The van der Waals surface area contributed by atoms with E-state index in [-0.39, 0.29) is 19.1 Å². The van der Waals surface area contributed by atoms with Crippen LogP contribution in [0, 0.1) is 3.57 Å². The number of methoxy groups -OCH3 is 1. The lowest BCUT2D eigenvalue weighted by Gasteiger charge is -2.10. The molecule has 0 fully saturated rings. The minimum Gasteiger partial charge on any atom is -0.496 e. The van der Waals surface area contributed by atoms with Crippen LogP contribution in [0.25, 0.3) is 0 Å². The first-order valence-electron chi connectivity index (χ1n) is 4.52. The molecule has 0 saturated heterocycles. The molecule has 4 nitrogen and oxygen atoms in total. The van der Waals surface area contributed by atoms with Crippen LogP contribution in [0.2, 0.25) is 5.02 Å². The molecule has 0 aromatic heterocycles. The predicted molar refractivity (Wildman–Crippen MR) is 70.1 cm³/mol. The monoisotopic (exact) mass is 355 g/mol. The minimum atomic E-state index is -0.316. The summed E-state index contributed by atoms with van der Waals surface area (Å²) in [6.45, 7) is 0.0950. The second kappa shape index (κ2) is 6.27. The molecule has 2 N–H and O–H groups in total. The largest absolute Gasteiger partial charge is 0.496 e. The van der Waals surface area contributed by atoms with E-state index in [9.17, 15) is 4.79 Å². The van der Waals surface area contributed by atoms with Crippen molar-refractivity contribution >= 4 is 40.1 Å². The van der Waals surface area contributed by atoms with Crippen LogP contribution in [0.3, 0.4) is 0 Å². The first-order chi connectivity index (χ1) is 7.60. The van der Waals surface area contributed by atoms with E-state index in [1.165, 1.54) is 7.11 Å². The summed E-state index contributed by atoms with van der Waals surface area (Å²) in [6, 6.07) is 3.24. The van der Waals surface area contributed by atoms with Crippen LogP contribution in [0.4, 0.5) is 0 Å². The van der Waals surface area contributed by atoms with Crippen molar-refractivity contribution in [3.05, 3.63) is 26.3 Å². The van der Waals surface area contributed by atoms with E-state index in [1.807, 2.05) is 0 Å². The molecular weight excluding hydrogens is 344 g/mol. The molecule has 6 heteroatoms. The SMILES string of the molecule is COc1cc(I)c(Cl)cc1C(=O)NCCO. The van der Waals surface area contributed by atoms with Crippen molar-refractivity contribution in [1.29, 1.82) is 0 Å². The number of rotatable bonds is 4. The smallest absolute Gasteiger partial charge is 0.255 e. The summed E-state index contributed by atoms with van der Waals surface area (Å²) in [5, 5.41) is 11.6. The molecule has 0 saturated carbocycles. The Balaban J connectivity index is 3.02. The highest BCUT2D eigenvalue weighted by molar-refractivity contribution is 14.1. The number of amides is 1. The van der Waals surface area contributed by atoms with Crippen molar-refractivity contribution in [2.24, 2.45) is 0 Å². The molecular formula is C10H11ClINO3. The Morgan fingerprint density at radius 1 is 1.62 bits per heavy atom. The van der Waals surface area contributed by atoms with Gasteiger partial charge in [0.15, 0.2) is 0 Å². The quantitative estimate of drug-likeness (QED) is 0.808. The van der Waals surface area contributed by atoms with Crippen LogP contribution < -0.4 is 10.1 Å². The first kappa shape index (κ1) is 13.5. The Morgan fingerprint density at radius 3 is 2.88 bits per heavy atom. The average Bonchev–Trinajstić information content (AvgIpc) is 2.28. The predicted octanol–water partition coefficient (Wildman–Crippen LogP) is 1.68. The van der Waals surface area contributed by atoms with Crippen molar-refractivity contribution in [3.63, 3.8) is 0 Å². The molecule has 0 spiro atoms. The Labute approximate surface area is 112 Å². The number of halogens is 2. The molecule has 0 unspecified atom stereocenters. The van der Waals surface area contributed by atoms with E-state index in [2.05, 4.69) is 27.9 Å². The third kappa shape index (κ3) is 3.23. The molecule has 0 aliphatic heterocycles. The van der Waals surface area contributed by atoms with Crippen molar-refractivity contribution in [3.8, 4) is 5.75 Å². The highest BCUT2D eigenvalue weighted by Gasteiger charge is 2.14. The standard InChI is InChI=1S/C10H11ClINO3/c1-16-9-5-8(12)7(11)4-6(9)10(15)13-2-3-14/h4-5,14H,2-3H2,1H3,(H,13,15). The number of aliphatic hydroxyl groups is 1. The van der Waals surface area contributed by atoms with E-state index in [0.717, 1.165) is 3.57 Å². The molecule has 1 aromatic rings. The summed E-state index contributed by atoms with van der Waals surface area (Å²) >= 11 is 7.99. The highest BCUT2D eigenvalue weighted by Crippen LogP contribution is 2.28. The molecule has 16 heavy (non-hydrogen) atoms. The van der Waals surface area contributed by atoms with E-state index in [4.69, 9.17) is 21.4 Å². The van der Waals surface area contributed by atoms with E-state index < -0.39 is 0 Å². The number of benzene rings is 1. The third-order valence-electron chi connectivity index (χ3n) is 1.88. The van der Waals surface area contributed by atoms with Crippen molar-refractivity contribution in [2.75, 3.05) is 20.3 Å². The second-order valence-electron chi connectivity index (χ2n) is 2.95. The molecule has 1 aromatic carbocycles. The van der Waals surface area contributed by atoms with Gasteiger partial charge in [-0.3, -0.25) is 4.79 Å². The molecule has 0 aliphatic carbocycles. The normalized spacial score (nSPS) is 10.0. The van der Waals surface area contributed by atoms with Crippen molar-refractivity contribution < 1.29 is 14.6 Å². The molecule has 0 radical (unpaired) electrons. The molecule has 88 valence electrons. The number of hydrogen-bond donors (Lipinski definition) is 2. The summed E-state index contributed by atoms with van der Waals surface area (Å²) in [5.41, 5.74) is 0.362. The number of aliphatic hydroxyl groups excluding tert-OH is 1. The van der Waals surface area contributed by atoms with E-state index in [0.29, 0.717) is 16.3 Å². The Hall–Kier alpha value is -0.530. The van der Waals surface area contributed by atoms with Gasteiger partial charge in [-0.05, 0) is 34.7 Å². The zero-order chi connectivity index (χ0) is 12.1. The van der Waals surface area contributed by atoms with Gasteiger partial charge in [-0.15, -0.1) is 0 Å². The summed E-state index contributed by atoms with van der Waals surface area (Å²) < 4.78 is 5.91. The zero-order valence-electron chi connectivity index (χ0n) is 8.59. The first-order valence-corrected chi connectivity index (χ1v) is 5.98. The van der Waals surface area contributed by atoms with Gasteiger partial charge in [-0.2, -0.15) is 0 Å². The minimum absolute atomic E-state index is 0.105. The lowest BCUT2D eigenvalue weighted by molar-refractivity contribution is 0.0941. The maximum absolute atomic E-state index is 11.7. The van der Waals surface area contributed by atoms with Crippen molar-refractivity contribution in [2.45, 2.75) is 0 Å². The molecule has 0 aliphatic rings. The summed E-state index contributed by atoms with van der Waals surface area (Å²) in [5.74, 6) is 0.147. The Kier molecular flexibility index (Phi) is 5.30. The van der Waals surface area contributed by atoms with Gasteiger partial charge in [0.05, 0.1) is 24.3 Å². The molecule has 0 atom stereocenters. The molecule has 0 bridgehead atoms. The van der Waals surface area contributed by atoms with Gasteiger partial charge >= 0.3 is 0 Å². The van der Waals surface area contributed by atoms with E-state index >= 15 is 0 Å². The van der Waals surface area contributed by atoms with Crippen LogP contribution in [-0.4, -0.2) is 31.3 Å². The maximum atomic E-state index is 11.7. The lowest BCUT2D eigenvalue weighted by Crippen LogP contribution is -2.26. The van der Waals surface area contributed by atoms with Gasteiger partial charge < -0.3 is 15.2 Å². The topological polar surface area (TPSA) is 58.6 Å². The number of carbonyl (C=O) groups is 1. The van der Waals surface area contributed by atoms with Gasteiger partial charge in [-0.25, -0.2) is 0 Å². The lowest BCUT2D eigenvalue weighted by atomic mass is 10.2. The third-order valence-corrected chi connectivity index (χ3v) is 3.41. The van der Waals surface area contributed by atoms with Crippen LogP contribution >= 0.6 is 34.2 Å². The molecule has 1 amide bonds. The molecule has 1 rings (SSSR count). The summed E-state index contributed by atoms with van der Waals surface area (Å²) in [7, 11) is 1.49. The van der Waals surface area contributed by atoms with Gasteiger partial charge in [0.1, 0.15) is 5.75 Å². The highest BCUT2D eigenvalue weighted by atomic mass is 127. The van der Waals surface area contributed by atoms with E-state index in [1.54, 1.807) is 12.1 Å². The number of nitrogens with one attached hydrogen (secondary N) is 1. The number of ether oxygens (including phenoxy) is 1. The zero-order valence-corrected chi connectivity index (χ0v) is 11.5. The van der Waals surface area contributed by atoms with Crippen LogP contribution in [0.1, 0.15) is 10.4 Å². The van der Waals surface area contributed by atoms with Gasteiger partial charge in [0.25, 0.3) is 5.91 Å². The fourth-order valence-electron chi connectivity index (χ4n) is 1.14. The molecule has 0 heterocycles. The van der Waals surface area contributed by atoms with Crippen LogP contribution in [0.15, 0.2) is 12.1 Å². The van der Waals surface area contributed by atoms with Crippen LogP contribution in [0.5, 0.6) is 5.75 Å². The van der Waals surface area contributed by atoms with Gasteiger partial charge in [-0.1, -0.05) is 11.6 Å². The van der Waals surface area contributed by atoms with Gasteiger partial charge in [0.2, 0.25) is 0 Å². The number of hydrogen-bond acceptors (Lipinski definition) is 3.